The molecule has 7 heteroatoms. The standard InChI is InChI=1S/C20H24ClN3O2S/c1-14(2)19(25)23(10-11-26-3)9-8-17-13-27-20-22-18(12-24(17)20)15-4-6-16(21)7-5-15/h4-7,12-14H,8-11H2,1-3H3. The summed E-state index contributed by atoms with van der Waals surface area (Å²) < 4.78 is 7.27. The van der Waals surface area contributed by atoms with Crippen LogP contribution in [0.25, 0.3) is 16.2 Å². The Hall–Kier alpha value is -1.89. The second-order valence-electron chi connectivity index (χ2n) is 6.74. The molecule has 1 aromatic carbocycles. The number of halogens is 1. The van der Waals surface area contributed by atoms with Crippen LogP contribution in [0.1, 0.15) is 19.5 Å². The maximum atomic E-state index is 12.4. The van der Waals surface area contributed by atoms with Crippen LogP contribution in [0.5, 0.6) is 0 Å². The lowest BCUT2D eigenvalue weighted by molar-refractivity contribution is -0.135. The van der Waals surface area contributed by atoms with Gasteiger partial charge in [0.2, 0.25) is 5.91 Å². The molecule has 1 amide bonds. The summed E-state index contributed by atoms with van der Waals surface area (Å²) in [4.78, 5) is 20.0. The minimum Gasteiger partial charge on any atom is -0.383 e. The predicted octanol–water partition coefficient (Wildman–Crippen LogP) is 4.39. The Bertz CT molecular complexity index is 902. The molecule has 144 valence electrons. The van der Waals surface area contributed by atoms with Gasteiger partial charge >= 0.3 is 0 Å². The number of rotatable bonds is 8. The maximum Gasteiger partial charge on any atom is 0.225 e. The molecule has 0 bridgehead atoms. The van der Waals surface area contributed by atoms with Gasteiger partial charge in [-0.25, -0.2) is 4.98 Å². The van der Waals surface area contributed by atoms with Crippen LogP contribution in [0.3, 0.4) is 0 Å². The number of imidazole rings is 1. The van der Waals surface area contributed by atoms with Gasteiger partial charge < -0.3 is 9.64 Å². The molecule has 3 aromatic rings. The van der Waals surface area contributed by atoms with Gasteiger partial charge in [-0.3, -0.25) is 9.20 Å². The van der Waals surface area contributed by atoms with E-state index in [4.69, 9.17) is 21.3 Å². The summed E-state index contributed by atoms with van der Waals surface area (Å²) in [6.07, 6.45) is 2.83. The van der Waals surface area contributed by atoms with Gasteiger partial charge in [-0.2, -0.15) is 0 Å². The molecule has 0 unspecified atom stereocenters. The summed E-state index contributed by atoms with van der Waals surface area (Å²) in [5.74, 6) is 0.139. The summed E-state index contributed by atoms with van der Waals surface area (Å²) in [6.45, 7) is 5.68. The van der Waals surface area contributed by atoms with E-state index in [9.17, 15) is 4.79 Å². The van der Waals surface area contributed by atoms with Crippen molar-refractivity contribution < 1.29 is 9.53 Å². The molecule has 0 aliphatic carbocycles. The summed E-state index contributed by atoms with van der Waals surface area (Å²) in [7, 11) is 1.66. The molecule has 2 heterocycles. The van der Waals surface area contributed by atoms with Crippen LogP contribution in [0, 0.1) is 5.92 Å². The van der Waals surface area contributed by atoms with Gasteiger partial charge in [0.25, 0.3) is 0 Å². The van der Waals surface area contributed by atoms with Gasteiger partial charge in [0, 0.05) is 60.4 Å². The van der Waals surface area contributed by atoms with Crippen molar-refractivity contribution in [2.75, 3.05) is 26.8 Å². The monoisotopic (exact) mass is 405 g/mol. The number of fused-ring (bicyclic) bond motifs is 1. The van der Waals surface area contributed by atoms with Crippen molar-refractivity contribution in [2.24, 2.45) is 5.92 Å². The molecule has 0 aliphatic rings. The van der Waals surface area contributed by atoms with Crippen LogP contribution in [0.2, 0.25) is 5.02 Å². The van der Waals surface area contributed by atoms with Gasteiger partial charge in [-0.15, -0.1) is 11.3 Å². The number of benzene rings is 1. The number of hydrogen-bond acceptors (Lipinski definition) is 4. The molecular formula is C20H24ClN3O2S. The average Bonchev–Trinajstić information content (AvgIpc) is 3.23. The van der Waals surface area contributed by atoms with Crippen LogP contribution in [-0.4, -0.2) is 47.0 Å². The fraction of sp³-hybridized carbons (Fsp3) is 0.400. The Morgan fingerprint density at radius 2 is 2.04 bits per heavy atom. The molecule has 0 saturated heterocycles. The highest BCUT2D eigenvalue weighted by Crippen LogP contribution is 2.25. The van der Waals surface area contributed by atoms with E-state index in [0.717, 1.165) is 28.3 Å². The summed E-state index contributed by atoms with van der Waals surface area (Å²) in [6, 6.07) is 7.69. The number of thiazole rings is 1. The highest BCUT2D eigenvalue weighted by molar-refractivity contribution is 7.15. The number of ether oxygens (including phenoxy) is 1. The minimum atomic E-state index is -0.0193. The van der Waals surface area contributed by atoms with Crippen molar-refractivity contribution in [3.05, 3.63) is 46.6 Å². The molecule has 0 fully saturated rings. The third-order valence-corrected chi connectivity index (χ3v) is 5.57. The van der Waals surface area contributed by atoms with Crippen molar-refractivity contribution in [1.82, 2.24) is 14.3 Å². The third-order valence-electron chi connectivity index (χ3n) is 4.43. The molecule has 0 radical (unpaired) electrons. The normalized spacial score (nSPS) is 11.4. The SMILES string of the molecule is COCCN(CCc1csc2nc(-c3ccc(Cl)cc3)cn12)C(=O)C(C)C. The summed E-state index contributed by atoms with van der Waals surface area (Å²) in [5, 5.41) is 2.83. The van der Waals surface area contributed by atoms with E-state index in [1.165, 1.54) is 0 Å². The Morgan fingerprint density at radius 1 is 1.30 bits per heavy atom. The Kier molecular flexibility index (Phi) is 6.52. The van der Waals surface area contributed by atoms with Crippen LogP contribution in [0.4, 0.5) is 0 Å². The molecule has 0 aliphatic heterocycles. The smallest absolute Gasteiger partial charge is 0.225 e. The Balaban J connectivity index is 1.76. The van der Waals surface area contributed by atoms with Gasteiger partial charge in [-0.05, 0) is 12.1 Å². The van der Waals surface area contributed by atoms with Gasteiger partial charge in [0.1, 0.15) is 0 Å². The van der Waals surface area contributed by atoms with Crippen molar-refractivity contribution in [3.8, 4) is 11.3 Å². The van der Waals surface area contributed by atoms with E-state index in [1.807, 2.05) is 49.2 Å². The first-order valence-electron chi connectivity index (χ1n) is 8.98. The zero-order valence-electron chi connectivity index (χ0n) is 15.8. The molecule has 27 heavy (non-hydrogen) atoms. The number of aromatic nitrogens is 2. The molecule has 2 aromatic heterocycles. The third kappa shape index (κ3) is 4.69. The number of carbonyl (C=O) groups excluding carboxylic acids is 1. The molecule has 3 rings (SSSR count). The van der Waals surface area contributed by atoms with Crippen LogP contribution >= 0.6 is 22.9 Å². The highest BCUT2D eigenvalue weighted by Gasteiger charge is 2.18. The molecule has 5 nitrogen and oxygen atoms in total. The number of amides is 1. The van der Waals surface area contributed by atoms with Gasteiger partial charge in [0.15, 0.2) is 4.96 Å². The topological polar surface area (TPSA) is 46.8 Å². The second-order valence-corrected chi connectivity index (χ2v) is 8.01. The van der Waals surface area contributed by atoms with E-state index in [2.05, 4.69) is 9.78 Å². The zero-order valence-corrected chi connectivity index (χ0v) is 17.4. The van der Waals surface area contributed by atoms with Gasteiger partial charge in [0.05, 0.1) is 12.3 Å². The first-order chi connectivity index (χ1) is 13.0. The molecule has 0 atom stereocenters. The van der Waals surface area contributed by atoms with Crippen LogP contribution in [0.15, 0.2) is 35.8 Å². The first-order valence-corrected chi connectivity index (χ1v) is 10.2. The quantitative estimate of drug-likeness (QED) is 0.558. The lowest BCUT2D eigenvalue weighted by Crippen LogP contribution is -2.38. The van der Waals surface area contributed by atoms with E-state index in [0.29, 0.717) is 24.7 Å². The van der Waals surface area contributed by atoms with Crippen LogP contribution < -0.4 is 0 Å². The van der Waals surface area contributed by atoms with E-state index in [1.54, 1.807) is 18.4 Å². The van der Waals surface area contributed by atoms with E-state index < -0.39 is 0 Å². The number of nitrogens with zero attached hydrogens (tertiary/aromatic N) is 3. The van der Waals surface area contributed by atoms with Crippen molar-refractivity contribution in [1.29, 1.82) is 0 Å². The number of hydrogen-bond donors (Lipinski definition) is 0. The lowest BCUT2D eigenvalue weighted by atomic mass is 10.1. The van der Waals surface area contributed by atoms with E-state index >= 15 is 0 Å². The number of methoxy groups -OCH3 is 1. The molecule has 0 N–H and O–H groups in total. The second kappa shape index (κ2) is 8.87. The van der Waals surface area contributed by atoms with Crippen LogP contribution in [-0.2, 0) is 16.0 Å². The molecule has 0 saturated carbocycles. The molecule has 0 spiro atoms. The Morgan fingerprint density at radius 3 is 2.70 bits per heavy atom. The number of carbonyl (C=O) groups is 1. The Labute approximate surface area is 168 Å². The van der Waals surface area contributed by atoms with Crippen molar-refractivity contribution >= 4 is 33.8 Å². The van der Waals surface area contributed by atoms with Crippen molar-refractivity contribution in [2.45, 2.75) is 20.3 Å². The zero-order chi connectivity index (χ0) is 19.4. The van der Waals surface area contributed by atoms with Crippen molar-refractivity contribution in [3.63, 3.8) is 0 Å². The fourth-order valence-corrected chi connectivity index (χ4v) is 3.95. The summed E-state index contributed by atoms with van der Waals surface area (Å²) in [5.41, 5.74) is 3.12. The predicted molar refractivity (Wildman–Crippen MR) is 111 cm³/mol. The average molecular weight is 406 g/mol. The van der Waals surface area contributed by atoms with E-state index in [-0.39, 0.29) is 11.8 Å². The first kappa shape index (κ1) is 19.9. The lowest BCUT2D eigenvalue weighted by Gasteiger charge is -2.24. The molecular weight excluding hydrogens is 382 g/mol. The summed E-state index contributed by atoms with van der Waals surface area (Å²) >= 11 is 7.59. The highest BCUT2D eigenvalue weighted by atomic mass is 35.5. The minimum absolute atomic E-state index is 0.0193. The largest absolute Gasteiger partial charge is 0.383 e. The fourth-order valence-electron chi connectivity index (χ4n) is 2.92. The maximum absolute atomic E-state index is 12.4. The van der Waals surface area contributed by atoms with Gasteiger partial charge in [-0.1, -0.05) is 37.6 Å².